The van der Waals surface area contributed by atoms with Gasteiger partial charge in [0.15, 0.2) is 0 Å². The van der Waals surface area contributed by atoms with Crippen molar-refractivity contribution in [1.29, 1.82) is 0 Å². The van der Waals surface area contributed by atoms with Crippen molar-refractivity contribution >= 4 is 17.3 Å². The van der Waals surface area contributed by atoms with E-state index in [4.69, 9.17) is 5.73 Å². The average molecular weight is 277 g/mol. The molecule has 1 saturated heterocycles. The van der Waals surface area contributed by atoms with Gasteiger partial charge in [0.1, 0.15) is 0 Å². The van der Waals surface area contributed by atoms with Crippen molar-refractivity contribution in [2.45, 2.75) is 32.2 Å². The number of carbonyl (C=O) groups excluding carboxylic acids is 1. The van der Waals surface area contributed by atoms with Gasteiger partial charge in [0, 0.05) is 18.8 Å². The standard InChI is InChI=1S/C15H23N3O2/c1-2-17-15(20)13-7-6-11(16)9-14(13)18-8-4-3-5-12(18)10-19/h6-7,9,12,19H,2-5,8,10,16H2,1H3,(H,17,20). The second-order valence-electron chi connectivity index (χ2n) is 5.16. The highest BCUT2D eigenvalue weighted by Gasteiger charge is 2.25. The summed E-state index contributed by atoms with van der Waals surface area (Å²) in [7, 11) is 0. The number of hydrogen-bond acceptors (Lipinski definition) is 4. The fourth-order valence-corrected chi connectivity index (χ4v) is 2.74. The maximum atomic E-state index is 12.2. The Morgan fingerprint density at radius 3 is 3.00 bits per heavy atom. The number of nitrogens with one attached hydrogen (secondary N) is 1. The normalized spacial score (nSPS) is 18.9. The van der Waals surface area contributed by atoms with Crippen molar-refractivity contribution in [1.82, 2.24) is 5.32 Å². The molecule has 0 bridgehead atoms. The third kappa shape index (κ3) is 3.04. The van der Waals surface area contributed by atoms with Crippen LogP contribution in [0, 0.1) is 0 Å². The van der Waals surface area contributed by atoms with Crippen LogP contribution in [0.5, 0.6) is 0 Å². The Bertz CT molecular complexity index is 476. The summed E-state index contributed by atoms with van der Waals surface area (Å²) >= 11 is 0. The van der Waals surface area contributed by atoms with Gasteiger partial charge in [-0.1, -0.05) is 0 Å². The first-order valence-electron chi connectivity index (χ1n) is 7.22. The van der Waals surface area contributed by atoms with E-state index in [2.05, 4.69) is 10.2 Å². The lowest BCUT2D eigenvalue weighted by Crippen LogP contribution is -2.43. The Morgan fingerprint density at radius 1 is 1.50 bits per heavy atom. The van der Waals surface area contributed by atoms with Gasteiger partial charge >= 0.3 is 0 Å². The minimum Gasteiger partial charge on any atom is -0.399 e. The molecule has 4 N–H and O–H groups in total. The number of amides is 1. The van der Waals surface area contributed by atoms with E-state index in [1.807, 2.05) is 13.0 Å². The van der Waals surface area contributed by atoms with Gasteiger partial charge in [-0.05, 0) is 44.4 Å². The smallest absolute Gasteiger partial charge is 0.253 e. The highest BCUT2D eigenvalue weighted by molar-refractivity contribution is 6.00. The predicted octanol–water partition coefficient (Wildman–Crippen LogP) is 1.37. The number of nitrogen functional groups attached to an aromatic ring is 1. The molecule has 1 unspecified atom stereocenters. The summed E-state index contributed by atoms with van der Waals surface area (Å²) in [4.78, 5) is 14.3. The zero-order chi connectivity index (χ0) is 14.5. The molecule has 5 heteroatoms. The Balaban J connectivity index is 2.37. The second kappa shape index (κ2) is 6.61. The molecule has 2 rings (SSSR count). The summed E-state index contributed by atoms with van der Waals surface area (Å²) < 4.78 is 0. The lowest BCUT2D eigenvalue weighted by molar-refractivity contribution is 0.0956. The van der Waals surface area contributed by atoms with Crippen molar-refractivity contribution in [3.63, 3.8) is 0 Å². The summed E-state index contributed by atoms with van der Waals surface area (Å²) in [6, 6.07) is 5.40. The number of aliphatic hydroxyl groups is 1. The van der Waals surface area contributed by atoms with E-state index in [0.717, 1.165) is 31.5 Å². The summed E-state index contributed by atoms with van der Waals surface area (Å²) in [5.41, 5.74) is 7.96. The molecule has 1 amide bonds. The summed E-state index contributed by atoms with van der Waals surface area (Å²) in [5.74, 6) is -0.0928. The number of carbonyl (C=O) groups is 1. The van der Waals surface area contributed by atoms with Crippen molar-refractivity contribution in [2.75, 3.05) is 30.3 Å². The lowest BCUT2D eigenvalue weighted by atomic mass is 9.99. The number of hydrogen-bond donors (Lipinski definition) is 3. The van der Waals surface area contributed by atoms with Crippen LogP contribution >= 0.6 is 0 Å². The highest BCUT2D eigenvalue weighted by atomic mass is 16.3. The zero-order valence-corrected chi connectivity index (χ0v) is 11.9. The van der Waals surface area contributed by atoms with Gasteiger partial charge in [-0.15, -0.1) is 0 Å². The van der Waals surface area contributed by atoms with E-state index < -0.39 is 0 Å². The van der Waals surface area contributed by atoms with Crippen LogP contribution in [0.3, 0.4) is 0 Å². The zero-order valence-electron chi connectivity index (χ0n) is 11.9. The van der Waals surface area contributed by atoms with Crippen LogP contribution in [0.25, 0.3) is 0 Å². The van der Waals surface area contributed by atoms with Crippen LogP contribution in [-0.4, -0.2) is 36.8 Å². The molecule has 0 spiro atoms. The van der Waals surface area contributed by atoms with Gasteiger partial charge in [0.2, 0.25) is 0 Å². The Hall–Kier alpha value is -1.75. The Morgan fingerprint density at radius 2 is 2.30 bits per heavy atom. The van der Waals surface area contributed by atoms with Crippen LogP contribution in [0.4, 0.5) is 11.4 Å². The second-order valence-corrected chi connectivity index (χ2v) is 5.16. The minimum atomic E-state index is -0.0928. The largest absolute Gasteiger partial charge is 0.399 e. The first kappa shape index (κ1) is 14.7. The fourth-order valence-electron chi connectivity index (χ4n) is 2.74. The van der Waals surface area contributed by atoms with Crippen molar-refractivity contribution in [3.05, 3.63) is 23.8 Å². The van der Waals surface area contributed by atoms with Crippen LogP contribution in [0.15, 0.2) is 18.2 Å². The van der Waals surface area contributed by atoms with Crippen molar-refractivity contribution in [2.24, 2.45) is 0 Å². The van der Waals surface area contributed by atoms with Crippen molar-refractivity contribution < 1.29 is 9.90 Å². The third-order valence-corrected chi connectivity index (χ3v) is 3.75. The Labute approximate surface area is 119 Å². The third-order valence-electron chi connectivity index (χ3n) is 3.75. The van der Waals surface area contributed by atoms with Gasteiger partial charge in [0.25, 0.3) is 5.91 Å². The quantitative estimate of drug-likeness (QED) is 0.726. The Kier molecular flexibility index (Phi) is 4.84. The molecule has 0 radical (unpaired) electrons. The minimum absolute atomic E-state index is 0.0683. The van der Waals surface area contributed by atoms with Crippen LogP contribution in [-0.2, 0) is 0 Å². The number of nitrogens with zero attached hydrogens (tertiary/aromatic N) is 1. The number of benzene rings is 1. The number of piperidine rings is 1. The number of rotatable bonds is 4. The molecule has 5 nitrogen and oxygen atoms in total. The van der Waals surface area contributed by atoms with Gasteiger partial charge in [0.05, 0.1) is 23.9 Å². The molecule has 1 fully saturated rings. The molecule has 110 valence electrons. The molecule has 1 aromatic rings. The molecule has 0 aliphatic carbocycles. The SMILES string of the molecule is CCNC(=O)c1ccc(N)cc1N1CCCCC1CO. The predicted molar refractivity (Wildman–Crippen MR) is 80.9 cm³/mol. The van der Waals surface area contributed by atoms with Gasteiger partial charge in [-0.25, -0.2) is 0 Å². The summed E-state index contributed by atoms with van der Waals surface area (Å²) in [6.07, 6.45) is 3.13. The first-order chi connectivity index (χ1) is 9.67. The lowest BCUT2D eigenvalue weighted by Gasteiger charge is -2.37. The number of nitrogens with two attached hydrogens (primary N) is 1. The van der Waals surface area contributed by atoms with E-state index in [-0.39, 0.29) is 18.6 Å². The van der Waals surface area contributed by atoms with E-state index >= 15 is 0 Å². The van der Waals surface area contributed by atoms with Crippen molar-refractivity contribution in [3.8, 4) is 0 Å². The maximum Gasteiger partial charge on any atom is 0.253 e. The average Bonchev–Trinajstić information content (AvgIpc) is 2.47. The molecule has 1 aliphatic heterocycles. The van der Waals surface area contributed by atoms with Gasteiger partial charge in [-0.3, -0.25) is 4.79 Å². The van der Waals surface area contributed by atoms with E-state index in [1.54, 1.807) is 12.1 Å². The van der Waals surface area contributed by atoms with Crippen LogP contribution < -0.4 is 16.0 Å². The molecule has 1 atom stereocenters. The monoisotopic (exact) mass is 277 g/mol. The van der Waals surface area contributed by atoms with Crippen LogP contribution in [0.1, 0.15) is 36.5 Å². The fraction of sp³-hybridized carbons (Fsp3) is 0.533. The van der Waals surface area contributed by atoms with E-state index in [0.29, 0.717) is 17.8 Å². The van der Waals surface area contributed by atoms with Gasteiger partial charge < -0.3 is 21.1 Å². The molecule has 0 saturated carbocycles. The summed E-state index contributed by atoms with van der Waals surface area (Å²) in [6.45, 7) is 3.43. The van der Waals surface area contributed by atoms with Gasteiger partial charge in [-0.2, -0.15) is 0 Å². The number of aliphatic hydroxyl groups excluding tert-OH is 1. The first-order valence-corrected chi connectivity index (χ1v) is 7.22. The molecular formula is C15H23N3O2. The number of anilines is 2. The molecule has 1 aromatic carbocycles. The van der Waals surface area contributed by atoms with E-state index in [1.165, 1.54) is 0 Å². The molecule has 1 heterocycles. The molecule has 0 aromatic heterocycles. The molecule has 1 aliphatic rings. The van der Waals surface area contributed by atoms with Crippen LogP contribution in [0.2, 0.25) is 0 Å². The molecular weight excluding hydrogens is 254 g/mol. The topological polar surface area (TPSA) is 78.6 Å². The maximum absolute atomic E-state index is 12.2. The van der Waals surface area contributed by atoms with E-state index in [9.17, 15) is 9.90 Å². The highest BCUT2D eigenvalue weighted by Crippen LogP contribution is 2.29. The summed E-state index contributed by atoms with van der Waals surface area (Å²) in [5, 5.41) is 12.4. The molecule has 20 heavy (non-hydrogen) atoms.